The maximum absolute atomic E-state index is 12.5. The number of hydrogen-bond acceptors (Lipinski definition) is 4. The van der Waals surface area contributed by atoms with Crippen LogP contribution in [0.4, 0.5) is 0 Å². The van der Waals surface area contributed by atoms with Gasteiger partial charge in [0.15, 0.2) is 0 Å². The lowest BCUT2D eigenvalue weighted by molar-refractivity contribution is 0.0950. The van der Waals surface area contributed by atoms with Crippen molar-refractivity contribution < 1.29 is 9.53 Å². The molecule has 1 N–H and O–H groups in total. The molecule has 0 spiro atoms. The molecule has 27 heavy (non-hydrogen) atoms. The fourth-order valence-corrected chi connectivity index (χ4v) is 2.84. The summed E-state index contributed by atoms with van der Waals surface area (Å²) in [5, 5.41) is 4.05. The highest BCUT2D eigenvalue weighted by Gasteiger charge is 2.11. The first-order valence-electron chi connectivity index (χ1n) is 8.49. The Morgan fingerprint density at radius 3 is 2.44 bits per heavy atom. The van der Waals surface area contributed by atoms with E-state index in [1.54, 1.807) is 36.2 Å². The summed E-state index contributed by atoms with van der Waals surface area (Å²) in [5.41, 5.74) is 4.97. The summed E-state index contributed by atoms with van der Waals surface area (Å²) in [4.78, 5) is 13.6. The Kier molecular flexibility index (Phi) is 6.66. The third-order valence-electron chi connectivity index (χ3n) is 3.86. The lowest BCUT2D eigenvalue weighted by Crippen LogP contribution is -2.18. The molecule has 136 valence electrons. The standard InChI is InChI=1S/C22H20N2O2S/c1-27-19-13-11-17(12-14-19)15-23-24-22(25)20-9-5-6-10-21(20)26-16-18-7-3-2-4-8-18/h2-15H,16H2,1H3,(H,24,25)/b23-15+. The smallest absolute Gasteiger partial charge is 0.275 e. The van der Waals surface area contributed by atoms with Gasteiger partial charge in [-0.15, -0.1) is 11.8 Å². The number of rotatable bonds is 7. The van der Waals surface area contributed by atoms with E-state index in [1.807, 2.05) is 66.9 Å². The van der Waals surface area contributed by atoms with E-state index in [4.69, 9.17) is 4.74 Å². The van der Waals surface area contributed by atoms with Crippen LogP contribution in [0.2, 0.25) is 0 Å². The topological polar surface area (TPSA) is 50.7 Å². The van der Waals surface area contributed by atoms with E-state index in [1.165, 1.54) is 4.90 Å². The van der Waals surface area contributed by atoms with Crippen molar-refractivity contribution in [3.8, 4) is 5.75 Å². The molecule has 3 rings (SSSR count). The number of hydrazone groups is 1. The molecular formula is C22H20N2O2S. The van der Waals surface area contributed by atoms with Crippen molar-refractivity contribution >= 4 is 23.9 Å². The maximum atomic E-state index is 12.5. The second-order valence-corrected chi connectivity index (χ2v) is 6.62. The number of para-hydroxylation sites is 1. The molecule has 0 bridgehead atoms. The SMILES string of the molecule is CSc1ccc(/C=N/NC(=O)c2ccccc2OCc2ccccc2)cc1. The highest BCUT2D eigenvalue weighted by Crippen LogP contribution is 2.19. The van der Waals surface area contributed by atoms with Crippen LogP contribution in [0, 0.1) is 0 Å². The molecule has 0 heterocycles. The van der Waals surface area contributed by atoms with Gasteiger partial charge in [-0.05, 0) is 41.6 Å². The number of carbonyl (C=O) groups excluding carboxylic acids is 1. The number of amides is 1. The third-order valence-corrected chi connectivity index (χ3v) is 4.61. The van der Waals surface area contributed by atoms with Crippen molar-refractivity contribution in [1.29, 1.82) is 0 Å². The Balaban J connectivity index is 1.63. The first-order valence-corrected chi connectivity index (χ1v) is 9.72. The summed E-state index contributed by atoms with van der Waals surface area (Å²) < 4.78 is 5.82. The van der Waals surface area contributed by atoms with E-state index in [0.717, 1.165) is 11.1 Å². The molecular weight excluding hydrogens is 356 g/mol. The average Bonchev–Trinajstić information content (AvgIpc) is 2.73. The van der Waals surface area contributed by atoms with E-state index in [9.17, 15) is 4.79 Å². The minimum Gasteiger partial charge on any atom is -0.488 e. The van der Waals surface area contributed by atoms with Crippen LogP contribution in [-0.2, 0) is 6.61 Å². The Labute approximate surface area is 163 Å². The molecule has 1 amide bonds. The lowest BCUT2D eigenvalue weighted by Gasteiger charge is -2.10. The lowest BCUT2D eigenvalue weighted by atomic mass is 10.2. The highest BCUT2D eigenvalue weighted by atomic mass is 32.2. The van der Waals surface area contributed by atoms with Gasteiger partial charge >= 0.3 is 0 Å². The first-order chi connectivity index (χ1) is 13.3. The molecule has 0 aliphatic heterocycles. The van der Waals surface area contributed by atoms with E-state index >= 15 is 0 Å². The summed E-state index contributed by atoms with van der Waals surface area (Å²) in [6.45, 7) is 0.399. The molecule has 0 saturated heterocycles. The number of nitrogens with one attached hydrogen (secondary N) is 1. The van der Waals surface area contributed by atoms with Crippen LogP contribution in [-0.4, -0.2) is 18.4 Å². The molecule has 0 aliphatic rings. The fourth-order valence-electron chi connectivity index (χ4n) is 2.43. The summed E-state index contributed by atoms with van der Waals surface area (Å²) >= 11 is 1.68. The third kappa shape index (κ3) is 5.46. The molecule has 3 aromatic rings. The number of thioether (sulfide) groups is 1. The normalized spacial score (nSPS) is 10.7. The van der Waals surface area contributed by atoms with Crippen LogP contribution in [0.5, 0.6) is 5.75 Å². The van der Waals surface area contributed by atoms with Gasteiger partial charge in [-0.1, -0.05) is 54.6 Å². The molecule has 0 saturated carbocycles. The number of benzene rings is 3. The zero-order chi connectivity index (χ0) is 18.9. The van der Waals surface area contributed by atoms with E-state index < -0.39 is 0 Å². The minimum absolute atomic E-state index is 0.310. The molecule has 0 fully saturated rings. The van der Waals surface area contributed by atoms with Crippen LogP contribution in [0.15, 0.2) is 88.9 Å². The number of carbonyl (C=O) groups is 1. The van der Waals surface area contributed by atoms with Crippen LogP contribution >= 0.6 is 11.8 Å². The Morgan fingerprint density at radius 2 is 1.70 bits per heavy atom. The van der Waals surface area contributed by atoms with Crippen LogP contribution < -0.4 is 10.2 Å². The molecule has 0 aliphatic carbocycles. The molecule has 5 heteroatoms. The zero-order valence-electron chi connectivity index (χ0n) is 15.0. The summed E-state index contributed by atoms with van der Waals surface area (Å²) in [6, 6.07) is 24.9. The van der Waals surface area contributed by atoms with Gasteiger partial charge in [-0.3, -0.25) is 4.79 Å². The molecule has 0 radical (unpaired) electrons. The van der Waals surface area contributed by atoms with Crippen molar-refractivity contribution in [3.63, 3.8) is 0 Å². The van der Waals surface area contributed by atoms with Crippen molar-refractivity contribution in [1.82, 2.24) is 5.43 Å². The Hall–Kier alpha value is -3.05. The van der Waals surface area contributed by atoms with Crippen molar-refractivity contribution in [3.05, 3.63) is 95.6 Å². The minimum atomic E-state index is -0.310. The molecule has 4 nitrogen and oxygen atoms in total. The van der Waals surface area contributed by atoms with Gasteiger partial charge in [0.1, 0.15) is 12.4 Å². The van der Waals surface area contributed by atoms with Gasteiger partial charge in [0.25, 0.3) is 5.91 Å². The Morgan fingerprint density at radius 1 is 1.00 bits per heavy atom. The number of nitrogens with zero attached hydrogens (tertiary/aromatic N) is 1. The van der Waals surface area contributed by atoms with Crippen molar-refractivity contribution in [2.45, 2.75) is 11.5 Å². The predicted molar refractivity (Wildman–Crippen MR) is 110 cm³/mol. The molecule has 0 atom stereocenters. The van der Waals surface area contributed by atoms with Gasteiger partial charge in [0.2, 0.25) is 0 Å². The van der Waals surface area contributed by atoms with Gasteiger partial charge in [0, 0.05) is 4.90 Å². The largest absolute Gasteiger partial charge is 0.488 e. The molecule has 3 aromatic carbocycles. The second kappa shape index (κ2) is 9.59. The highest BCUT2D eigenvalue weighted by molar-refractivity contribution is 7.98. The average molecular weight is 376 g/mol. The van der Waals surface area contributed by atoms with Gasteiger partial charge in [0.05, 0.1) is 11.8 Å². The molecule has 0 unspecified atom stereocenters. The van der Waals surface area contributed by atoms with E-state index in [-0.39, 0.29) is 5.91 Å². The van der Waals surface area contributed by atoms with Crippen molar-refractivity contribution in [2.75, 3.05) is 6.26 Å². The van der Waals surface area contributed by atoms with E-state index in [0.29, 0.717) is 17.9 Å². The van der Waals surface area contributed by atoms with Crippen LogP contribution in [0.3, 0.4) is 0 Å². The first kappa shape index (κ1) is 18.7. The zero-order valence-corrected chi connectivity index (χ0v) is 15.8. The van der Waals surface area contributed by atoms with Gasteiger partial charge in [-0.2, -0.15) is 5.10 Å². The summed E-state index contributed by atoms with van der Waals surface area (Å²) in [6.07, 6.45) is 3.65. The van der Waals surface area contributed by atoms with Gasteiger partial charge < -0.3 is 4.74 Å². The fraction of sp³-hybridized carbons (Fsp3) is 0.0909. The van der Waals surface area contributed by atoms with Crippen LogP contribution in [0.25, 0.3) is 0 Å². The monoisotopic (exact) mass is 376 g/mol. The predicted octanol–water partition coefficient (Wildman–Crippen LogP) is 4.75. The maximum Gasteiger partial charge on any atom is 0.275 e. The number of ether oxygens (including phenoxy) is 1. The van der Waals surface area contributed by atoms with Gasteiger partial charge in [-0.25, -0.2) is 5.43 Å². The molecule has 0 aromatic heterocycles. The summed E-state index contributed by atoms with van der Waals surface area (Å²) in [5.74, 6) is 0.217. The Bertz CT molecular complexity index is 909. The van der Waals surface area contributed by atoms with E-state index in [2.05, 4.69) is 10.5 Å². The summed E-state index contributed by atoms with van der Waals surface area (Å²) in [7, 11) is 0. The van der Waals surface area contributed by atoms with Crippen molar-refractivity contribution in [2.24, 2.45) is 5.10 Å². The van der Waals surface area contributed by atoms with Crippen LogP contribution in [0.1, 0.15) is 21.5 Å². The number of hydrogen-bond donors (Lipinski definition) is 1. The quantitative estimate of drug-likeness (QED) is 0.368. The second-order valence-electron chi connectivity index (χ2n) is 5.74.